The molecule has 3 aromatic carbocycles. The van der Waals surface area contributed by atoms with Gasteiger partial charge in [-0.1, -0.05) is 54.6 Å². The van der Waals surface area contributed by atoms with E-state index in [-0.39, 0.29) is 18.4 Å². The lowest BCUT2D eigenvalue weighted by Crippen LogP contribution is -2.45. The number of hydrogen-bond acceptors (Lipinski definition) is 5. The summed E-state index contributed by atoms with van der Waals surface area (Å²) in [6, 6.07) is 20.7. The average molecular weight is 503 g/mol. The SMILES string of the molecule is NC(=O)CNC(=O)c1cc2ccccc2cc1OCCCCN1CCCC(c2ccccc2)C(N)C1=O. The van der Waals surface area contributed by atoms with Gasteiger partial charge in [-0.05, 0) is 54.2 Å². The molecule has 0 aliphatic carbocycles. The Morgan fingerprint density at radius 2 is 1.70 bits per heavy atom. The van der Waals surface area contributed by atoms with E-state index >= 15 is 0 Å². The number of primary amides is 1. The highest BCUT2D eigenvalue weighted by Crippen LogP contribution is 2.29. The van der Waals surface area contributed by atoms with Crippen LogP contribution in [-0.2, 0) is 9.59 Å². The topological polar surface area (TPSA) is 128 Å². The Morgan fingerprint density at radius 1 is 1.00 bits per heavy atom. The van der Waals surface area contributed by atoms with Gasteiger partial charge in [0, 0.05) is 19.0 Å². The van der Waals surface area contributed by atoms with Gasteiger partial charge in [-0.15, -0.1) is 0 Å². The summed E-state index contributed by atoms with van der Waals surface area (Å²) in [5, 5.41) is 4.37. The molecular weight excluding hydrogens is 468 g/mol. The van der Waals surface area contributed by atoms with Crippen molar-refractivity contribution in [3.8, 4) is 5.75 Å². The third-order valence-electron chi connectivity index (χ3n) is 6.80. The zero-order chi connectivity index (χ0) is 26.2. The summed E-state index contributed by atoms with van der Waals surface area (Å²) in [4.78, 5) is 38.7. The van der Waals surface area contributed by atoms with E-state index in [1.807, 2.05) is 65.6 Å². The molecule has 8 heteroatoms. The summed E-state index contributed by atoms with van der Waals surface area (Å²) in [5.41, 5.74) is 13.0. The van der Waals surface area contributed by atoms with Crippen molar-refractivity contribution in [2.24, 2.45) is 11.5 Å². The number of rotatable bonds is 10. The molecule has 3 aromatic rings. The van der Waals surface area contributed by atoms with E-state index in [0.29, 0.717) is 37.4 Å². The molecule has 1 fully saturated rings. The molecule has 2 unspecified atom stereocenters. The van der Waals surface area contributed by atoms with E-state index in [9.17, 15) is 14.4 Å². The van der Waals surface area contributed by atoms with Crippen molar-refractivity contribution in [3.05, 3.63) is 77.9 Å². The molecule has 0 saturated carbocycles. The fourth-order valence-electron chi connectivity index (χ4n) is 4.84. The van der Waals surface area contributed by atoms with Crippen LogP contribution in [0.4, 0.5) is 0 Å². The largest absolute Gasteiger partial charge is 0.493 e. The van der Waals surface area contributed by atoms with Crippen LogP contribution in [0.1, 0.15) is 47.5 Å². The Balaban J connectivity index is 1.33. The lowest BCUT2D eigenvalue weighted by molar-refractivity contribution is -0.132. The van der Waals surface area contributed by atoms with Crippen LogP contribution in [0.25, 0.3) is 10.8 Å². The molecule has 1 saturated heterocycles. The van der Waals surface area contributed by atoms with Gasteiger partial charge in [0.05, 0.1) is 24.8 Å². The maximum Gasteiger partial charge on any atom is 0.255 e. The highest BCUT2D eigenvalue weighted by Gasteiger charge is 2.32. The van der Waals surface area contributed by atoms with E-state index in [2.05, 4.69) is 5.32 Å². The second-order valence-electron chi connectivity index (χ2n) is 9.41. The van der Waals surface area contributed by atoms with E-state index in [1.165, 1.54) is 0 Å². The second-order valence-corrected chi connectivity index (χ2v) is 9.41. The van der Waals surface area contributed by atoms with Crippen molar-refractivity contribution in [3.63, 3.8) is 0 Å². The number of unbranched alkanes of at least 4 members (excludes halogenated alkanes) is 1. The van der Waals surface area contributed by atoms with Gasteiger partial charge in [0.15, 0.2) is 0 Å². The smallest absolute Gasteiger partial charge is 0.255 e. The molecule has 1 heterocycles. The van der Waals surface area contributed by atoms with Crippen molar-refractivity contribution in [1.82, 2.24) is 10.2 Å². The Morgan fingerprint density at radius 3 is 2.43 bits per heavy atom. The minimum Gasteiger partial charge on any atom is -0.493 e. The Labute approximate surface area is 216 Å². The minimum absolute atomic E-state index is 0.00444. The van der Waals surface area contributed by atoms with E-state index < -0.39 is 17.9 Å². The van der Waals surface area contributed by atoms with Crippen molar-refractivity contribution in [2.75, 3.05) is 26.2 Å². The Bertz CT molecular complexity index is 1250. The zero-order valence-electron chi connectivity index (χ0n) is 20.9. The monoisotopic (exact) mass is 502 g/mol. The molecule has 5 N–H and O–H groups in total. The summed E-state index contributed by atoms with van der Waals surface area (Å²) < 4.78 is 6.01. The van der Waals surface area contributed by atoms with Crippen LogP contribution in [0.3, 0.4) is 0 Å². The summed E-state index contributed by atoms with van der Waals surface area (Å²) in [6.07, 6.45) is 3.26. The fraction of sp³-hybridized carbons (Fsp3) is 0.345. The van der Waals surface area contributed by atoms with Gasteiger partial charge in [0.25, 0.3) is 5.91 Å². The molecule has 0 spiro atoms. The molecule has 1 aliphatic heterocycles. The number of fused-ring (bicyclic) bond motifs is 1. The quantitative estimate of drug-likeness (QED) is 0.367. The van der Waals surface area contributed by atoms with Gasteiger partial charge in [-0.2, -0.15) is 0 Å². The summed E-state index contributed by atoms with van der Waals surface area (Å²) >= 11 is 0. The first-order valence-electron chi connectivity index (χ1n) is 12.8. The number of nitrogens with one attached hydrogen (secondary N) is 1. The van der Waals surface area contributed by atoms with E-state index in [0.717, 1.165) is 35.6 Å². The number of carbonyl (C=O) groups excluding carboxylic acids is 3. The number of nitrogens with two attached hydrogens (primary N) is 2. The molecule has 0 bridgehead atoms. The van der Waals surface area contributed by atoms with Crippen LogP contribution in [0.2, 0.25) is 0 Å². The number of amides is 3. The fourth-order valence-corrected chi connectivity index (χ4v) is 4.84. The molecule has 1 aliphatic rings. The van der Waals surface area contributed by atoms with Crippen molar-refractivity contribution < 1.29 is 19.1 Å². The highest BCUT2D eigenvalue weighted by atomic mass is 16.5. The first-order valence-corrected chi connectivity index (χ1v) is 12.8. The van der Waals surface area contributed by atoms with Crippen LogP contribution in [0, 0.1) is 0 Å². The van der Waals surface area contributed by atoms with E-state index in [4.69, 9.17) is 16.2 Å². The van der Waals surface area contributed by atoms with Gasteiger partial charge in [0.1, 0.15) is 5.75 Å². The number of benzene rings is 3. The summed E-state index contributed by atoms with van der Waals surface area (Å²) in [5.74, 6) is -0.560. The van der Waals surface area contributed by atoms with E-state index in [1.54, 1.807) is 6.07 Å². The lowest BCUT2D eigenvalue weighted by Gasteiger charge is -2.25. The summed E-state index contributed by atoms with van der Waals surface area (Å²) in [7, 11) is 0. The maximum absolute atomic E-state index is 13.1. The van der Waals surface area contributed by atoms with Crippen LogP contribution in [0.5, 0.6) is 5.75 Å². The van der Waals surface area contributed by atoms with Crippen LogP contribution in [-0.4, -0.2) is 54.9 Å². The molecule has 3 amide bonds. The molecule has 37 heavy (non-hydrogen) atoms. The Kier molecular flexibility index (Phi) is 8.74. The number of carbonyl (C=O) groups is 3. The summed E-state index contributed by atoms with van der Waals surface area (Å²) in [6.45, 7) is 1.45. The molecule has 2 atom stereocenters. The number of ether oxygens (including phenoxy) is 1. The number of hydrogen-bond donors (Lipinski definition) is 3. The highest BCUT2D eigenvalue weighted by molar-refractivity contribution is 6.02. The van der Waals surface area contributed by atoms with Crippen molar-refractivity contribution >= 4 is 28.5 Å². The van der Waals surface area contributed by atoms with Gasteiger partial charge in [-0.3, -0.25) is 14.4 Å². The molecule has 8 nitrogen and oxygen atoms in total. The molecule has 4 rings (SSSR count). The molecule has 0 radical (unpaired) electrons. The number of likely N-dealkylation sites (tertiary alicyclic amines) is 1. The zero-order valence-corrected chi connectivity index (χ0v) is 20.9. The predicted molar refractivity (Wildman–Crippen MR) is 143 cm³/mol. The number of nitrogens with zero attached hydrogens (tertiary/aromatic N) is 1. The molecule has 194 valence electrons. The van der Waals surface area contributed by atoms with Gasteiger partial charge in [0.2, 0.25) is 11.8 Å². The van der Waals surface area contributed by atoms with Crippen molar-refractivity contribution in [2.45, 2.75) is 37.6 Å². The average Bonchev–Trinajstić information content (AvgIpc) is 3.05. The van der Waals surface area contributed by atoms with Crippen LogP contribution in [0.15, 0.2) is 66.7 Å². The normalized spacial score (nSPS) is 17.9. The van der Waals surface area contributed by atoms with Gasteiger partial charge in [-0.25, -0.2) is 0 Å². The van der Waals surface area contributed by atoms with Gasteiger partial charge >= 0.3 is 0 Å². The molecule has 0 aromatic heterocycles. The molecular formula is C29H34N4O4. The van der Waals surface area contributed by atoms with Gasteiger partial charge < -0.3 is 26.4 Å². The first kappa shape index (κ1) is 26.2. The van der Waals surface area contributed by atoms with Crippen LogP contribution >= 0.6 is 0 Å². The minimum atomic E-state index is -0.616. The van der Waals surface area contributed by atoms with Crippen LogP contribution < -0.4 is 21.5 Å². The lowest BCUT2D eigenvalue weighted by atomic mass is 9.88. The predicted octanol–water partition coefficient (Wildman–Crippen LogP) is 2.95. The first-order chi connectivity index (χ1) is 17.9. The Hall–Kier alpha value is -3.91. The third-order valence-corrected chi connectivity index (χ3v) is 6.80. The maximum atomic E-state index is 13.1. The second kappa shape index (κ2) is 12.4. The van der Waals surface area contributed by atoms with Crippen molar-refractivity contribution in [1.29, 1.82) is 0 Å². The standard InChI is InChI=1S/C29H34N4O4/c30-26(34)19-32-28(35)24-17-21-11-4-5-12-22(21)18-25(24)37-16-7-6-14-33-15-8-13-23(27(31)29(33)36)20-9-2-1-3-10-20/h1-5,9-12,17-18,23,27H,6-8,13-16,19,31H2,(H2,30,34)(H,32,35). The third kappa shape index (κ3) is 6.65.